The standard InChI is InChI=1S/C12H20N2O3S/c1-8(15)4-5-13-12(16)7-18-6-11-9(2)14-17-10(11)3/h8,15H,4-7H2,1-3H3,(H,13,16). The quantitative estimate of drug-likeness (QED) is 0.785. The first-order valence-electron chi connectivity index (χ1n) is 5.95. The zero-order chi connectivity index (χ0) is 13.5. The Morgan fingerprint density at radius 2 is 2.28 bits per heavy atom. The number of hydrogen-bond acceptors (Lipinski definition) is 5. The molecule has 18 heavy (non-hydrogen) atoms. The zero-order valence-corrected chi connectivity index (χ0v) is 11.8. The smallest absolute Gasteiger partial charge is 0.230 e. The number of carbonyl (C=O) groups is 1. The van der Waals surface area contributed by atoms with E-state index < -0.39 is 0 Å². The average molecular weight is 272 g/mol. The Morgan fingerprint density at radius 1 is 1.56 bits per heavy atom. The van der Waals surface area contributed by atoms with E-state index in [0.717, 1.165) is 22.8 Å². The fraction of sp³-hybridized carbons (Fsp3) is 0.667. The third-order valence-electron chi connectivity index (χ3n) is 2.55. The van der Waals surface area contributed by atoms with E-state index in [0.29, 0.717) is 18.7 Å². The van der Waals surface area contributed by atoms with Crippen LogP contribution in [0.15, 0.2) is 4.52 Å². The SMILES string of the molecule is Cc1noc(C)c1CSCC(=O)NCCC(C)O. The highest BCUT2D eigenvalue weighted by atomic mass is 32.2. The van der Waals surface area contributed by atoms with Gasteiger partial charge < -0.3 is 14.9 Å². The highest BCUT2D eigenvalue weighted by Crippen LogP contribution is 2.19. The molecule has 6 heteroatoms. The van der Waals surface area contributed by atoms with Crippen molar-refractivity contribution in [3.05, 3.63) is 17.0 Å². The molecule has 102 valence electrons. The summed E-state index contributed by atoms with van der Waals surface area (Å²) in [5.74, 6) is 1.94. The zero-order valence-electron chi connectivity index (χ0n) is 11.0. The predicted octanol–water partition coefficient (Wildman–Crippen LogP) is 1.41. The summed E-state index contributed by atoms with van der Waals surface area (Å²) < 4.78 is 5.05. The number of aryl methyl sites for hydroxylation is 2. The van der Waals surface area contributed by atoms with Crippen molar-refractivity contribution in [3.8, 4) is 0 Å². The molecule has 1 aromatic rings. The maximum absolute atomic E-state index is 11.5. The van der Waals surface area contributed by atoms with Gasteiger partial charge in [-0.3, -0.25) is 4.79 Å². The predicted molar refractivity (Wildman–Crippen MR) is 71.4 cm³/mol. The number of nitrogens with zero attached hydrogens (tertiary/aromatic N) is 1. The number of aliphatic hydroxyl groups is 1. The van der Waals surface area contributed by atoms with Crippen molar-refractivity contribution in [2.24, 2.45) is 0 Å². The van der Waals surface area contributed by atoms with E-state index in [1.807, 2.05) is 13.8 Å². The number of amides is 1. The van der Waals surface area contributed by atoms with Gasteiger partial charge in [-0.2, -0.15) is 0 Å². The summed E-state index contributed by atoms with van der Waals surface area (Å²) in [5.41, 5.74) is 1.95. The first kappa shape index (κ1) is 15.0. The van der Waals surface area contributed by atoms with Crippen LogP contribution in [-0.2, 0) is 10.5 Å². The van der Waals surface area contributed by atoms with Gasteiger partial charge in [0, 0.05) is 17.9 Å². The highest BCUT2D eigenvalue weighted by molar-refractivity contribution is 7.99. The molecule has 0 saturated heterocycles. The van der Waals surface area contributed by atoms with Crippen LogP contribution in [0.3, 0.4) is 0 Å². The molecule has 0 aliphatic heterocycles. The third kappa shape index (κ3) is 5.10. The van der Waals surface area contributed by atoms with Crippen LogP contribution < -0.4 is 5.32 Å². The molecule has 1 aromatic heterocycles. The minimum absolute atomic E-state index is 0.00703. The second kappa shape index (κ2) is 7.43. The van der Waals surface area contributed by atoms with Crippen LogP contribution in [0.2, 0.25) is 0 Å². The molecule has 0 aliphatic rings. The van der Waals surface area contributed by atoms with Crippen molar-refractivity contribution < 1.29 is 14.4 Å². The molecule has 0 aliphatic carbocycles. The van der Waals surface area contributed by atoms with Crippen molar-refractivity contribution in [2.75, 3.05) is 12.3 Å². The van der Waals surface area contributed by atoms with Gasteiger partial charge in [-0.1, -0.05) is 5.16 Å². The molecular formula is C12H20N2O3S. The maximum atomic E-state index is 11.5. The molecule has 2 N–H and O–H groups in total. The van der Waals surface area contributed by atoms with Crippen molar-refractivity contribution in [2.45, 2.75) is 39.0 Å². The van der Waals surface area contributed by atoms with E-state index in [-0.39, 0.29) is 12.0 Å². The number of rotatable bonds is 7. The van der Waals surface area contributed by atoms with Crippen molar-refractivity contribution in [3.63, 3.8) is 0 Å². The summed E-state index contributed by atoms with van der Waals surface area (Å²) in [5, 5.41) is 15.7. The highest BCUT2D eigenvalue weighted by Gasteiger charge is 2.10. The Morgan fingerprint density at radius 3 is 2.83 bits per heavy atom. The number of nitrogens with one attached hydrogen (secondary N) is 1. The topological polar surface area (TPSA) is 75.4 Å². The first-order chi connectivity index (χ1) is 8.50. The fourth-order valence-corrected chi connectivity index (χ4v) is 2.43. The molecule has 1 rings (SSSR count). The molecule has 0 spiro atoms. The number of carbonyl (C=O) groups excluding carboxylic acids is 1. The summed E-state index contributed by atoms with van der Waals surface area (Å²) in [6, 6.07) is 0. The number of aliphatic hydroxyl groups excluding tert-OH is 1. The monoisotopic (exact) mass is 272 g/mol. The van der Waals surface area contributed by atoms with Crippen LogP contribution in [0.1, 0.15) is 30.4 Å². The Kier molecular flexibility index (Phi) is 6.21. The molecule has 1 amide bonds. The lowest BCUT2D eigenvalue weighted by Crippen LogP contribution is -2.28. The summed E-state index contributed by atoms with van der Waals surface area (Å²) in [7, 11) is 0. The van der Waals surface area contributed by atoms with E-state index in [2.05, 4.69) is 10.5 Å². The van der Waals surface area contributed by atoms with E-state index in [1.165, 1.54) is 11.8 Å². The third-order valence-corrected chi connectivity index (χ3v) is 3.50. The molecule has 1 atom stereocenters. The number of aromatic nitrogens is 1. The molecule has 0 fully saturated rings. The normalized spacial score (nSPS) is 12.4. The Balaban J connectivity index is 2.20. The molecule has 1 heterocycles. The molecule has 0 radical (unpaired) electrons. The van der Waals surface area contributed by atoms with Gasteiger partial charge in [0.2, 0.25) is 5.91 Å². The van der Waals surface area contributed by atoms with Crippen LogP contribution in [0.5, 0.6) is 0 Å². The first-order valence-corrected chi connectivity index (χ1v) is 7.10. The van der Waals surface area contributed by atoms with Crippen LogP contribution >= 0.6 is 11.8 Å². The summed E-state index contributed by atoms with van der Waals surface area (Å²) in [6.07, 6.45) is 0.209. The summed E-state index contributed by atoms with van der Waals surface area (Å²) >= 11 is 1.53. The number of thioether (sulfide) groups is 1. The summed E-state index contributed by atoms with van der Waals surface area (Å²) in [6.45, 7) is 5.99. The Hall–Kier alpha value is -1.01. The Bertz CT molecular complexity index is 371. The van der Waals surface area contributed by atoms with Gasteiger partial charge in [0.05, 0.1) is 17.6 Å². The van der Waals surface area contributed by atoms with E-state index in [9.17, 15) is 4.79 Å². The van der Waals surface area contributed by atoms with Gasteiger partial charge in [-0.25, -0.2) is 0 Å². The van der Waals surface area contributed by atoms with Crippen LogP contribution in [-0.4, -0.2) is 34.6 Å². The van der Waals surface area contributed by atoms with Crippen molar-refractivity contribution in [1.29, 1.82) is 0 Å². The van der Waals surface area contributed by atoms with Gasteiger partial charge in [0.15, 0.2) is 0 Å². The van der Waals surface area contributed by atoms with E-state index >= 15 is 0 Å². The van der Waals surface area contributed by atoms with Crippen molar-refractivity contribution in [1.82, 2.24) is 10.5 Å². The minimum atomic E-state index is -0.375. The van der Waals surface area contributed by atoms with E-state index in [4.69, 9.17) is 9.63 Å². The lowest BCUT2D eigenvalue weighted by atomic mass is 10.2. The fourth-order valence-electron chi connectivity index (χ4n) is 1.43. The largest absolute Gasteiger partial charge is 0.393 e. The van der Waals surface area contributed by atoms with E-state index in [1.54, 1.807) is 6.92 Å². The minimum Gasteiger partial charge on any atom is -0.393 e. The molecule has 0 bridgehead atoms. The van der Waals surface area contributed by atoms with Gasteiger partial charge >= 0.3 is 0 Å². The van der Waals surface area contributed by atoms with Crippen LogP contribution in [0.25, 0.3) is 0 Å². The Labute approximate surface area is 111 Å². The number of hydrogen-bond donors (Lipinski definition) is 2. The molecule has 5 nitrogen and oxygen atoms in total. The molecule has 1 unspecified atom stereocenters. The maximum Gasteiger partial charge on any atom is 0.230 e. The van der Waals surface area contributed by atoms with Crippen LogP contribution in [0.4, 0.5) is 0 Å². The second-order valence-corrected chi connectivity index (χ2v) is 5.27. The van der Waals surface area contributed by atoms with Crippen molar-refractivity contribution >= 4 is 17.7 Å². The second-order valence-electron chi connectivity index (χ2n) is 4.28. The molecule has 0 saturated carbocycles. The average Bonchev–Trinajstić information content (AvgIpc) is 2.60. The summed E-state index contributed by atoms with van der Waals surface area (Å²) in [4.78, 5) is 11.5. The lowest BCUT2D eigenvalue weighted by molar-refractivity contribution is -0.118. The van der Waals surface area contributed by atoms with Gasteiger partial charge in [0.25, 0.3) is 0 Å². The molecule has 0 aromatic carbocycles. The van der Waals surface area contributed by atoms with Gasteiger partial charge in [-0.15, -0.1) is 11.8 Å². The molecular weight excluding hydrogens is 252 g/mol. The van der Waals surface area contributed by atoms with Gasteiger partial charge in [-0.05, 0) is 27.2 Å². The van der Waals surface area contributed by atoms with Crippen LogP contribution in [0, 0.1) is 13.8 Å². The lowest BCUT2D eigenvalue weighted by Gasteiger charge is -2.06. The van der Waals surface area contributed by atoms with Gasteiger partial charge in [0.1, 0.15) is 5.76 Å².